The van der Waals surface area contributed by atoms with E-state index >= 15 is 0 Å². The van der Waals surface area contributed by atoms with E-state index in [9.17, 15) is 12.8 Å². The lowest BCUT2D eigenvalue weighted by molar-refractivity contribution is 0.0656. The number of nitrogens with zero attached hydrogens (tertiary/aromatic N) is 1. The molecular weight excluding hydrogens is 291 g/mol. The first-order valence-electron chi connectivity index (χ1n) is 7.12. The molecule has 0 atom stereocenters. The molecule has 21 heavy (non-hydrogen) atoms. The van der Waals surface area contributed by atoms with Crippen molar-refractivity contribution in [3.05, 3.63) is 29.1 Å². The van der Waals surface area contributed by atoms with Crippen LogP contribution in [-0.4, -0.2) is 39.5 Å². The maximum Gasteiger partial charge on any atom is 0.241 e. The minimum Gasteiger partial charge on any atom is -0.302 e. The fourth-order valence-electron chi connectivity index (χ4n) is 2.99. The first kappa shape index (κ1) is 16.4. The van der Waals surface area contributed by atoms with Gasteiger partial charge >= 0.3 is 0 Å². The number of nitrogens with one attached hydrogen (secondary N) is 1. The third kappa shape index (κ3) is 3.12. The van der Waals surface area contributed by atoms with E-state index in [1.807, 2.05) is 14.1 Å². The summed E-state index contributed by atoms with van der Waals surface area (Å²) < 4.78 is 41.1. The molecule has 1 N–H and O–H groups in total. The smallest absolute Gasteiger partial charge is 0.241 e. The lowest BCUT2D eigenvalue weighted by Gasteiger charge is -2.47. The topological polar surface area (TPSA) is 49.4 Å². The van der Waals surface area contributed by atoms with Crippen molar-refractivity contribution in [2.24, 2.45) is 0 Å². The molecule has 0 saturated heterocycles. The van der Waals surface area contributed by atoms with Gasteiger partial charge in [-0.25, -0.2) is 17.5 Å². The van der Waals surface area contributed by atoms with E-state index in [0.29, 0.717) is 17.7 Å². The minimum atomic E-state index is -3.62. The van der Waals surface area contributed by atoms with Crippen LogP contribution in [0.15, 0.2) is 17.0 Å². The highest BCUT2D eigenvalue weighted by Crippen LogP contribution is 2.36. The largest absolute Gasteiger partial charge is 0.302 e. The Bertz CT molecular complexity index is 614. The average molecular weight is 314 g/mol. The van der Waals surface area contributed by atoms with Gasteiger partial charge in [-0.2, -0.15) is 0 Å². The van der Waals surface area contributed by atoms with Gasteiger partial charge in [-0.15, -0.1) is 0 Å². The molecule has 1 aliphatic carbocycles. The van der Waals surface area contributed by atoms with Gasteiger partial charge in [0.2, 0.25) is 10.0 Å². The Morgan fingerprint density at radius 2 is 1.76 bits per heavy atom. The molecule has 0 spiro atoms. The number of sulfonamides is 1. The van der Waals surface area contributed by atoms with Gasteiger partial charge in [0.25, 0.3) is 0 Å². The molecule has 2 rings (SSSR count). The molecule has 6 heteroatoms. The van der Waals surface area contributed by atoms with E-state index < -0.39 is 15.8 Å². The van der Waals surface area contributed by atoms with E-state index in [0.717, 1.165) is 19.3 Å². The van der Waals surface area contributed by atoms with Crippen LogP contribution < -0.4 is 4.72 Å². The standard InChI is InChI=1S/C15H23FN2O2S/c1-11-8-13(16)9-12(2)14(11)21(19,20)17-10-15(18(3)4)6-5-7-15/h8-9,17H,5-7,10H2,1-4H3. The van der Waals surface area contributed by atoms with Crippen LogP contribution in [0.2, 0.25) is 0 Å². The molecule has 0 radical (unpaired) electrons. The van der Waals surface area contributed by atoms with E-state index in [2.05, 4.69) is 9.62 Å². The number of hydrogen-bond acceptors (Lipinski definition) is 3. The lowest BCUT2D eigenvalue weighted by Crippen LogP contribution is -2.57. The van der Waals surface area contributed by atoms with Crippen LogP contribution in [0.4, 0.5) is 4.39 Å². The first-order valence-corrected chi connectivity index (χ1v) is 8.60. The summed E-state index contributed by atoms with van der Waals surface area (Å²) in [5.41, 5.74) is 0.787. The molecule has 1 saturated carbocycles. The predicted octanol–water partition coefficient (Wildman–Crippen LogP) is 2.21. The van der Waals surface area contributed by atoms with Crippen LogP contribution in [0.5, 0.6) is 0 Å². The van der Waals surface area contributed by atoms with Gasteiger partial charge in [-0.3, -0.25) is 0 Å². The monoisotopic (exact) mass is 314 g/mol. The summed E-state index contributed by atoms with van der Waals surface area (Å²) in [5, 5.41) is 0. The maximum atomic E-state index is 13.3. The van der Waals surface area contributed by atoms with Gasteiger partial charge in [0, 0.05) is 12.1 Å². The van der Waals surface area contributed by atoms with Crippen molar-refractivity contribution < 1.29 is 12.8 Å². The van der Waals surface area contributed by atoms with Crippen molar-refractivity contribution in [2.75, 3.05) is 20.6 Å². The second-order valence-electron chi connectivity index (χ2n) is 6.17. The molecule has 0 aliphatic heterocycles. The molecule has 118 valence electrons. The van der Waals surface area contributed by atoms with Crippen LogP contribution in [0.3, 0.4) is 0 Å². The van der Waals surface area contributed by atoms with Crippen molar-refractivity contribution in [1.82, 2.24) is 9.62 Å². The zero-order valence-corrected chi connectivity index (χ0v) is 13.8. The minimum absolute atomic E-state index is 0.0884. The third-order valence-electron chi connectivity index (χ3n) is 4.52. The molecule has 4 nitrogen and oxygen atoms in total. The van der Waals surface area contributed by atoms with E-state index in [4.69, 9.17) is 0 Å². The summed E-state index contributed by atoms with van der Waals surface area (Å²) in [6.45, 7) is 3.63. The molecule has 1 aromatic carbocycles. The Hall–Kier alpha value is -0.980. The second kappa shape index (κ2) is 5.66. The summed E-state index contributed by atoms with van der Waals surface area (Å²) >= 11 is 0. The van der Waals surface area contributed by atoms with Crippen LogP contribution in [-0.2, 0) is 10.0 Å². The summed E-state index contributed by atoms with van der Waals surface area (Å²) in [6, 6.07) is 2.51. The fourth-order valence-corrected chi connectivity index (χ4v) is 4.56. The molecular formula is C15H23FN2O2S. The molecule has 0 bridgehead atoms. The Balaban J connectivity index is 2.24. The Morgan fingerprint density at radius 1 is 1.24 bits per heavy atom. The van der Waals surface area contributed by atoms with Crippen LogP contribution in [0, 0.1) is 19.7 Å². The molecule has 1 aliphatic rings. The third-order valence-corrected chi connectivity index (χ3v) is 6.22. The van der Waals surface area contributed by atoms with Crippen LogP contribution >= 0.6 is 0 Å². The highest BCUT2D eigenvalue weighted by molar-refractivity contribution is 7.89. The Morgan fingerprint density at radius 3 is 2.14 bits per heavy atom. The number of rotatable bonds is 5. The second-order valence-corrected chi connectivity index (χ2v) is 7.87. The summed E-state index contributed by atoms with van der Waals surface area (Å²) in [4.78, 5) is 2.28. The molecule has 0 unspecified atom stereocenters. The number of halogens is 1. The molecule has 0 amide bonds. The van der Waals surface area contributed by atoms with Gasteiger partial charge in [0.15, 0.2) is 0 Å². The zero-order valence-electron chi connectivity index (χ0n) is 13.0. The summed E-state index contributed by atoms with van der Waals surface area (Å²) in [6.07, 6.45) is 3.10. The average Bonchev–Trinajstić information content (AvgIpc) is 2.24. The number of likely N-dealkylation sites (N-methyl/N-ethyl adjacent to an activating group) is 1. The van der Waals surface area contributed by atoms with Crippen LogP contribution in [0.1, 0.15) is 30.4 Å². The van der Waals surface area contributed by atoms with Crippen molar-refractivity contribution >= 4 is 10.0 Å². The van der Waals surface area contributed by atoms with Gasteiger partial charge in [0.1, 0.15) is 5.82 Å². The van der Waals surface area contributed by atoms with Gasteiger partial charge in [-0.1, -0.05) is 0 Å². The van der Waals surface area contributed by atoms with Gasteiger partial charge in [-0.05, 0) is 70.5 Å². The molecule has 0 aromatic heterocycles. The normalized spacial score (nSPS) is 17.8. The first-order chi connectivity index (χ1) is 9.68. The van der Waals surface area contributed by atoms with Gasteiger partial charge < -0.3 is 4.90 Å². The van der Waals surface area contributed by atoms with E-state index in [1.165, 1.54) is 12.1 Å². The highest BCUT2D eigenvalue weighted by atomic mass is 32.2. The predicted molar refractivity (Wildman–Crippen MR) is 81.3 cm³/mol. The Kier molecular flexibility index (Phi) is 4.42. The number of hydrogen-bond donors (Lipinski definition) is 1. The molecule has 1 fully saturated rings. The van der Waals surface area contributed by atoms with Crippen molar-refractivity contribution in [1.29, 1.82) is 0 Å². The highest BCUT2D eigenvalue weighted by Gasteiger charge is 2.40. The van der Waals surface area contributed by atoms with Gasteiger partial charge in [0.05, 0.1) is 4.90 Å². The quantitative estimate of drug-likeness (QED) is 0.906. The lowest BCUT2D eigenvalue weighted by atomic mass is 9.76. The van der Waals surface area contributed by atoms with Crippen molar-refractivity contribution in [3.63, 3.8) is 0 Å². The van der Waals surface area contributed by atoms with E-state index in [-0.39, 0.29) is 10.4 Å². The van der Waals surface area contributed by atoms with Crippen molar-refractivity contribution in [2.45, 2.75) is 43.5 Å². The van der Waals surface area contributed by atoms with Crippen LogP contribution in [0.25, 0.3) is 0 Å². The SMILES string of the molecule is Cc1cc(F)cc(C)c1S(=O)(=O)NCC1(N(C)C)CCC1. The number of benzene rings is 1. The molecule has 1 aromatic rings. The summed E-state index contributed by atoms with van der Waals surface area (Å²) in [7, 11) is 0.323. The fraction of sp³-hybridized carbons (Fsp3) is 0.600. The summed E-state index contributed by atoms with van der Waals surface area (Å²) in [5.74, 6) is -0.410. The van der Waals surface area contributed by atoms with E-state index in [1.54, 1.807) is 13.8 Å². The zero-order chi connectivity index (χ0) is 15.8. The number of aryl methyl sites for hydroxylation is 2. The Labute approximate surface area is 126 Å². The maximum absolute atomic E-state index is 13.3. The molecule has 0 heterocycles. The van der Waals surface area contributed by atoms with Crippen molar-refractivity contribution in [3.8, 4) is 0 Å².